The standard InChI is InChI=1S/C14H19N3.C8H11N.C7H11NO.C7H9N.ClH/c1-10-5-7-11(8-6-10)17-13(15)9-12(16-17)14(2,3)4;1-7-2-4-8(6-9)5-3-7;1-7(2,3)6(9)4-5-8;1-6-2-4-7(8)5-3-6;/h5-9H,15H2,1-4H3;2-5H,6,9H2,1H3;4H2,1-3H3;2-5H,8H2,1H3;1H/i1D3,5D,6D,7D,8D;2D,3D,4D,5D;;2D,3D,4D,5D;/hD2. The number of benzene rings is 3. The van der Waals surface area contributed by atoms with Crippen molar-refractivity contribution in [1.82, 2.24) is 9.78 Å². The van der Waals surface area contributed by atoms with Crippen LogP contribution in [0.1, 0.15) is 96.5 Å². The number of nitrogens with zero attached hydrogens (tertiary/aromatic N) is 3. The number of carbonyl (C=O) groups is 1. The van der Waals surface area contributed by atoms with E-state index in [0.717, 1.165) is 4.68 Å². The summed E-state index contributed by atoms with van der Waals surface area (Å²) in [4.78, 5) is 10.8. The molecule has 0 radical (unpaired) electrons. The first-order valence-electron chi connectivity index (χ1n) is 21.5. The normalized spacial score (nSPS) is 16.0. The van der Waals surface area contributed by atoms with Crippen molar-refractivity contribution in [3.63, 3.8) is 0 Å². The minimum atomic E-state index is -2.75. The predicted molar refractivity (Wildman–Crippen MR) is 188 cm³/mol. The van der Waals surface area contributed by atoms with Gasteiger partial charge in [0.2, 0.25) is 0 Å². The number of rotatable bonds is 4. The average molecular weight is 636 g/mol. The summed E-state index contributed by atoms with van der Waals surface area (Å²) < 4.78 is 129. The topological polar surface area (TPSA) is 137 Å². The van der Waals surface area contributed by atoms with Gasteiger partial charge < -0.3 is 17.2 Å². The Bertz CT molecular complexity index is 2190. The van der Waals surface area contributed by atoms with E-state index < -0.39 is 36.6 Å². The second kappa shape index (κ2) is 18.5. The number of ketones is 1. The Morgan fingerprint density at radius 2 is 1.43 bits per heavy atom. The smallest absolute Gasteiger partial charge is 0.156 e. The van der Waals surface area contributed by atoms with Gasteiger partial charge in [0.1, 0.15) is 5.82 Å². The van der Waals surface area contributed by atoms with Gasteiger partial charge >= 0.3 is 0 Å². The first-order chi connectivity index (χ1) is 27.1. The van der Waals surface area contributed by atoms with Gasteiger partial charge in [-0.15, -0.1) is 12.4 Å². The first-order valence-corrected chi connectivity index (χ1v) is 13.1. The molecule has 0 fully saturated rings. The van der Waals surface area contributed by atoms with Crippen LogP contribution in [0.4, 0.5) is 11.5 Å². The highest BCUT2D eigenvalue weighted by Gasteiger charge is 2.20. The number of hydrogen-bond donors (Lipinski definition) is 3. The Hall–Kier alpha value is -4.12. The highest BCUT2D eigenvalue weighted by Crippen LogP contribution is 2.24. The number of aromatic nitrogens is 2. The summed E-state index contributed by atoms with van der Waals surface area (Å²) in [6.07, 6.45) is 0.0312. The largest absolute Gasteiger partial charge is 0.399 e. The summed E-state index contributed by atoms with van der Waals surface area (Å²) in [6.45, 7) is 11.5. The maximum absolute atomic E-state index is 10.8. The van der Waals surface area contributed by atoms with Crippen LogP contribution in [-0.4, -0.2) is 15.6 Å². The van der Waals surface area contributed by atoms with Gasteiger partial charge in [0.05, 0.1) is 40.3 Å². The van der Waals surface area contributed by atoms with Crippen molar-refractivity contribution in [2.24, 2.45) is 11.1 Å². The van der Waals surface area contributed by atoms with Gasteiger partial charge in [-0.2, -0.15) is 10.4 Å². The first kappa shape index (κ1) is 19.3. The molecule has 0 amide bonds. The van der Waals surface area contributed by atoms with E-state index >= 15 is 0 Å². The maximum Gasteiger partial charge on any atom is 0.156 e. The molecule has 0 bridgehead atoms. The fraction of sp³-hybridized carbons (Fsp3) is 0.361. The third-order valence-electron chi connectivity index (χ3n) is 5.15. The van der Waals surface area contributed by atoms with Gasteiger partial charge in [-0.1, -0.05) is 107 Å². The fourth-order valence-corrected chi connectivity index (χ4v) is 2.56. The van der Waals surface area contributed by atoms with Crippen molar-refractivity contribution < 1.29 is 28.2 Å². The van der Waals surface area contributed by atoms with Gasteiger partial charge in [-0.05, 0) is 50.4 Å². The van der Waals surface area contributed by atoms with E-state index in [-0.39, 0.29) is 124 Å². The Balaban J connectivity index is 0.000000839. The number of hydrogen-bond acceptors (Lipinski definition) is 6. The van der Waals surface area contributed by atoms with E-state index in [9.17, 15) is 4.79 Å². The second-order valence-electron chi connectivity index (χ2n) is 11.1. The van der Waals surface area contributed by atoms with E-state index in [1.807, 2.05) is 47.6 Å². The number of Topliss-reactive ketones (excluding diaryl/α,β-unsaturated/α-hetero) is 1. The van der Waals surface area contributed by atoms with Crippen molar-refractivity contribution in [2.45, 2.75) is 80.6 Å². The molecular weight excluding hydrogens is 568 g/mol. The molecule has 0 aliphatic heterocycles. The molecular formula is C36H51ClN6O. The van der Waals surface area contributed by atoms with E-state index in [0.29, 0.717) is 11.3 Å². The minimum Gasteiger partial charge on any atom is -0.399 e. The van der Waals surface area contributed by atoms with E-state index in [4.69, 9.17) is 40.1 Å². The zero-order chi connectivity index (χ0) is 47.3. The molecule has 0 unspecified atom stereocenters. The summed E-state index contributed by atoms with van der Waals surface area (Å²) in [6, 6.07) is 0.0589. The van der Waals surface area contributed by atoms with Crippen LogP contribution in [0.25, 0.3) is 5.69 Å². The zero-order valence-corrected chi connectivity index (χ0v) is 27.1. The van der Waals surface area contributed by atoms with Crippen LogP contribution in [0.15, 0.2) is 78.6 Å². The third-order valence-corrected chi connectivity index (χ3v) is 5.15. The van der Waals surface area contributed by atoms with Crippen LogP contribution in [0.3, 0.4) is 0 Å². The number of carbonyl (C=O) groups excluding carboxylic acids is 1. The van der Waals surface area contributed by atoms with Crippen molar-refractivity contribution in [1.29, 1.82) is 5.26 Å². The van der Waals surface area contributed by atoms with Gasteiger partial charge in [0.25, 0.3) is 0 Å². The van der Waals surface area contributed by atoms with Crippen molar-refractivity contribution in [3.8, 4) is 11.8 Å². The molecule has 4 rings (SSSR count). The molecule has 4 aromatic rings. The Morgan fingerprint density at radius 1 is 0.932 bits per heavy atom. The van der Waals surface area contributed by atoms with Crippen molar-refractivity contribution in [3.05, 3.63) is 107 Å². The Kier molecular flexibility index (Phi) is 8.13. The molecule has 0 saturated carbocycles. The van der Waals surface area contributed by atoms with Gasteiger partial charge in [-0.25, -0.2) is 4.68 Å². The van der Waals surface area contributed by atoms with Crippen LogP contribution in [-0.2, 0) is 16.8 Å². The molecule has 44 heavy (non-hydrogen) atoms. The van der Waals surface area contributed by atoms with Crippen LogP contribution in [0, 0.1) is 37.4 Å². The summed E-state index contributed by atoms with van der Waals surface area (Å²) >= 11 is 0. The molecule has 0 spiro atoms. The highest BCUT2D eigenvalue weighted by atomic mass is 35.5. The summed E-state index contributed by atoms with van der Waals surface area (Å²) in [7, 11) is 0. The SMILES string of the molecule is CC(C)(C)C(=O)CC#N.Cl.[2H]c1c([2H])c(C([2H])([2H])[2H])c([2H])c([2H])c1-n1nc(C(C)(C)C)cc1N.[2H]c1c([2H])c(CN)c([2H])c([2H])c1C.[2H]c1c([2H])c(N([2H])[2H])c([2H])c([2H])c1C. The lowest BCUT2D eigenvalue weighted by Crippen LogP contribution is -2.18. The molecule has 6 N–H and O–H groups in total. The molecule has 0 saturated heterocycles. The molecule has 0 aliphatic carbocycles. The van der Waals surface area contributed by atoms with E-state index in [2.05, 4.69) is 5.10 Å². The molecule has 1 aromatic heterocycles. The Labute approximate surface area is 294 Å². The third kappa shape index (κ3) is 14.9. The summed E-state index contributed by atoms with van der Waals surface area (Å²) in [5.74, 6) is 0.160. The number of nitrogens with two attached hydrogens (primary N) is 3. The zero-order valence-electron chi connectivity index (χ0n) is 43.3. The van der Waals surface area contributed by atoms with Gasteiger partial charge in [0.15, 0.2) is 8.61 Å². The summed E-state index contributed by atoms with van der Waals surface area (Å²) in [5, 5.41) is 12.4. The van der Waals surface area contributed by atoms with Crippen LogP contribution in [0.5, 0.6) is 0 Å². The minimum absolute atomic E-state index is 0. The van der Waals surface area contributed by atoms with Crippen LogP contribution < -0.4 is 17.2 Å². The monoisotopic (exact) mass is 635 g/mol. The molecule has 0 atom stereocenters. The predicted octanol–water partition coefficient (Wildman–Crippen LogP) is 8.03. The van der Waals surface area contributed by atoms with Gasteiger partial charge in [0, 0.05) is 33.2 Å². The molecule has 3 aromatic carbocycles. The van der Waals surface area contributed by atoms with Crippen LogP contribution >= 0.6 is 12.4 Å². The maximum atomic E-state index is 10.8. The lowest BCUT2D eigenvalue weighted by Gasteiger charge is -2.14. The lowest BCUT2D eigenvalue weighted by molar-refractivity contribution is -0.125. The van der Waals surface area contributed by atoms with Crippen LogP contribution in [0.2, 0.25) is 2.82 Å². The number of nitriles is 1. The average Bonchev–Trinajstić information content (AvgIpc) is 3.52. The van der Waals surface area contributed by atoms with Gasteiger partial charge in [-0.3, -0.25) is 4.79 Å². The van der Waals surface area contributed by atoms with E-state index in [1.165, 1.54) is 6.92 Å². The molecule has 1 heterocycles. The number of nitrogen functional groups attached to an aromatic ring is 2. The summed E-state index contributed by atoms with van der Waals surface area (Å²) in [5.41, 5.74) is 11.1. The Morgan fingerprint density at radius 3 is 1.80 bits per heavy atom. The van der Waals surface area contributed by atoms with E-state index in [1.54, 1.807) is 13.0 Å². The van der Waals surface area contributed by atoms with Crippen molar-refractivity contribution >= 4 is 29.7 Å². The van der Waals surface area contributed by atoms with Crippen molar-refractivity contribution in [2.75, 3.05) is 11.5 Å². The molecule has 8 heteroatoms. The quantitative estimate of drug-likeness (QED) is 0.194. The number of anilines is 2. The highest BCUT2D eigenvalue weighted by molar-refractivity contribution is 5.85. The number of halogens is 1. The fourth-order valence-electron chi connectivity index (χ4n) is 2.56. The molecule has 7 nitrogen and oxygen atoms in total. The molecule has 238 valence electrons. The second-order valence-corrected chi connectivity index (χ2v) is 11.1. The molecule has 0 aliphatic rings. The lowest BCUT2D eigenvalue weighted by atomic mass is 9.89.